The number of carbonyl (C=O) groups is 2. The Morgan fingerprint density at radius 1 is 1.23 bits per heavy atom. The number of amides is 1. The number of aromatic nitrogens is 2. The second-order valence-corrected chi connectivity index (χ2v) is 6.97. The van der Waals surface area contributed by atoms with Crippen molar-refractivity contribution in [1.29, 1.82) is 0 Å². The molecule has 1 heterocycles. The van der Waals surface area contributed by atoms with Gasteiger partial charge in [-0.2, -0.15) is 11.8 Å². The van der Waals surface area contributed by atoms with Crippen LogP contribution in [0.3, 0.4) is 0 Å². The molecule has 26 heavy (non-hydrogen) atoms. The molecule has 1 aromatic heterocycles. The van der Waals surface area contributed by atoms with Crippen LogP contribution in [-0.4, -0.2) is 47.0 Å². The van der Waals surface area contributed by atoms with Crippen molar-refractivity contribution in [3.63, 3.8) is 0 Å². The SMILES string of the molecule is COC(=O)[C@@H](Nc1nc(CNC(=O)CSC)nc2ccccc12)C(C)C. The topological polar surface area (TPSA) is 93.2 Å². The lowest BCUT2D eigenvalue weighted by molar-refractivity contribution is -0.142. The Bertz CT molecular complexity index is 782. The molecule has 2 rings (SSSR count). The van der Waals surface area contributed by atoms with E-state index in [9.17, 15) is 9.59 Å². The zero-order chi connectivity index (χ0) is 19.1. The minimum Gasteiger partial charge on any atom is -0.467 e. The van der Waals surface area contributed by atoms with Gasteiger partial charge in [0.15, 0.2) is 5.82 Å². The van der Waals surface area contributed by atoms with Gasteiger partial charge in [0.2, 0.25) is 5.91 Å². The van der Waals surface area contributed by atoms with E-state index in [1.807, 2.05) is 44.4 Å². The van der Waals surface area contributed by atoms with Crippen molar-refractivity contribution in [1.82, 2.24) is 15.3 Å². The summed E-state index contributed by atoms with van der Waals surface area (Å²) in [6.07, 6.45) is 1.87. The summed E-state index contributed by atoms with van der Waals surface area (Å²) in [5.74, 6) is 1.01. The molecule has 0 aliphatic rings. The van der Waals surface area contributed by atoms with Gasteiger partial charge in [-0.05, 0) is 24.3 Å². The van der Waals surface area contributed by atoms with Gasteiger partial charge in [-0.25, -0.2) is 14.8 Å². The molecule has 2 aromatic rings. The maximum atomic E-state index is 12.1. The molecule has 1 atom stereocenters. The van der Waals surface area contributed by atoms with Crippen LogP contribution in [0.25, 0.3) is 10.9 Å². The average molecular weight is 376 g/mol. The third-order valence-corrected chi connectivity index (χ3v) is 4.33. The summed E-state index contributed by atoms with van der Waals surface area (Å²) < 4.78 is 4.89. The lowest BCUT2D eigenvalue weighted by Gasteiger charge is -2.21. The summed E-state index contributed by atoms with van der Waals surface area (Å²) in [5.41, 5.74) is 0.742. The van der Waals surface area contributed by atoms with Crippen molar-refractivity contribution in [2.75, 3.05) is 24.4 Å². The number of ether oxygens (including phenoxy) is 1. The molecule has 0 saturated carbocycles. The van der Waals surface area contributed by atoms with Gasteiger partial charge in [-0.15, -0.1) is 0 Å². The number of para-hydroxylation sites is 1. The summed E-state index contributed by atoms with van der Waals surface area (Å²) in [6, 6.07) is 7.01. The lowest BCUT2D eigenvalue weighted by Crippen LogP contribution is -2.36. The van der Waals surface area contributed by atoms with E-state index in [-0.39, 0.29) is 24.3 Å². The van der Waals surface area contributed by atoms with Crippen LogP contribution >= 0.6 is 11.8 Å². The monoisotopic (exact) mass is 376 g/mol. The van der Waals surface area contributed by atoms with Gasteiger partial charge in [0.25, 0.3) is 0 Å². The Kier molecular flexibility index (Phi) is 7.20. The zero-order valence-corrected chi connectivity index (χ0v) is 16.2. The Balaban J connectivity index is 2.34. The number of methoxy groups -OCH3 is 1. The van der Waals surface area contributed by atoms with Gasteiger partial charge in [0.05, 0.1) is 24.9 Å². The van der Waals surface area contributed by atoms with E-state index in [4.69, 9.17) is 4.74 Å². The number of benzene rings is 1. The first kappa shape index (κ1) is 20.0. The molecule has 0 aliphatic heterocycles. The van der Waals surface area contributed by atoms with Crippen LogP contribution in [0.15, 0.2) is 24.3 Å². The van der Waals surface area contributed by atoms with E-state index in [0.29, 0.717) is 17.4 Å². The van der Waals surface area contributed by atoms with Crippen LogP contribution in [0.1, 0.15) is 19.7 Å². The maximum absolute atomic E-state index is 12.1. The van der Waals surface area contributed by atoms with Crippen LogP contribution in [0, 0.1) is 5.92 Å². The lowest BCUT2D eigenvalue weighted by atomic mass is 10.0. The molecule has 0 saturated heterocycles. The molecule has 1 aromatic carbocycles. The summed E-state index contributed by atoms with van der Waals surface area (Å²) >= 11 is 1.45. The molecular weight excluding hydrogens is 352 g/mol. The highest BCUT2D eigenvalue weighted by atomic mass is 32.2. The maximum Gasteiger partial charge on any atom is 0.328 e. The first-order valence-corrected chi connectivity index (χ1v) is 9.71. The van der Waals surface area contributed by atoms with Gasteiger partial charge in [0, 0.05) is 5.39 Å². The third kappa shape index (κ3) is 5.08. The van der Waals surface area contributed by atoms with Crippen molar-refractivity contribution < 1.29 is 14.3 Å². The van der Waals surface area contributed by atoms with Gasteiger partial charge in [0.1, 0.15) is 11.9 Å². The minimum absolute atomic E-state index is 0.0147. The molecule has 0 bridgehead atoms. The Labute approximate surface area is 157 Å². The summed E-state index contributed by atoms with van der Waals surface area (Å²) in [4.78, 5) is 32.8. The number of fused-ring (bicyclic) bond motifs is 1. The molecule has 0 fully saturated rings. The molecular formula is C18H24N4O3S. The van der Waals surface area contributed by atoms with Gasteiger partial charge >= 0.3 is 5.97 Å². The number of anilines is 1. The third-order valence-electron chi connectivity index (χ3n) is 3.78. The highest BCUT2D eigenvalue weighted by Crippen LogP contribution is 2.22. The van der Waals surface area contributed by atoms with Gasteiger partial charge < -0.3 is 15.4 Å². The summed E-state index contributed by atoms with van der Waals surface area (Å²) in [5, 5.41) is 6.79. The highest BCUT2D eigenvalue weighted by Gasteiger charge is 2.24. The predicted octanol–water partition coefficient (Wildman–Crippen LogP) is 2.22. The summed E-state index contributed by atoms with van der Waals surface area (Å²) in [6.45, 7) is 4.09. The fourth-order valence-corrected chi connectivity index (χ4v) is 2.81. The van der Waals surface area contributed by atoms with Gasteiger partial charge in [-0.3, -0.25) is 4.79 Å². The van der Waals surface area contributed by atoms with E-state index in [1.165, 1.54) is 18.9 Å². The quantitative estimate of drug-likeness (QED) is 0.682. The fourth-order valence-electron chi connectivity index (χ4n) is 2.45. The van der Waals surface area contributed by atoms with E-state index in [1.54, 1.807) is 0 Å². The van der Waals surface area contributed by atoms with Crippen LogP contribution < -0.4 is 10.6 Å². The number of carbonyl (C=O) groups excluding carboxylic acids is 2. The van der Waals surface area contributed by atoms with E-state index < -0.39 is 6.04 Å². The molecule has 8 heteroatoms. The number of hydrogen-bond acceptors (Lipinski definition) is 7. The molecule has 0 unspecified atom stereocenters. The van der Waals surface area contributed by atoms with Gasteiger partial charge in [-0.1, -0.05) is 26.0 Å². The van der Waals surface area contributed by atoms with E-state index in [0.717, 1.165) is 10.9 Å². The van der Waals surface area contributed by atoms with Crippen LogP contribution in [-0.2, 0) is 20.9 Å². The molecule has 140 valence electrons. The number of esters is 1. The number of thioether (sulfide) groups is 1. The fraction of sp³-hybridized carbons (Fsp3) is 0.444. The Hall–Kier alpha value is -2.35. The average Bonchev–Trinajstić information content (AvgIpc) is 2.63. The Morgan fingerprint density at radius 3 is 2.62 bits per heavy atom. The molecule has 0 aliphatic carbocycles. The van der Waals surface area contributed by atoms with Crippen LogP contribution in [0.2, 0.25) is 0 Å². The standard InChI is InChI=1S/C18H24N4O3S/c1-11(2)16(18(24)25-3)22-17-12-7-5-6-8-13(12)20-14(21-17)9-19-15(23)10-26-4/h5-8,11,16H,9-10H2,1-4H3,(H,19,23)(H,20,21,22)/t16-/m0/s1. The normalized spacial score (nSPS) is 12.0. The van der Waals surface area contributed by atoms with Crippen molar-refractivity contribution >= 4 is 40.4 Å². The molecule has 7 nitrogen and oxygen atoms in total. The molecule has 1 amide bonds. The van der Waals surface area contributed by atoms with Crippen LogP contribution in [0.5, 0.6) is 0 Å². The second kappa shape index (κ2) is 9.38. The second-order valence-electron chi connectivity index (χ2n) is 6.10. The van der Waals surface area contributed by atoms with Crippen molar-refractivity contribution in [3.05, 3.63) is 30.1 Å². The van der Waals surface area contributed by atoms with E-state index >= 15 is 0 Å². The molecule has 2 N–H and O–H groups in total. The predicted molar refractivity (Wildman–Crippen MR) is 104 cm³/mol. The number of nitrogens with one attached hydrogen (secondary N) is 2. The smallest absolute Gasteiger partial charge is 0.328 e. The number of hydrogen-bond donors (Lipinski definition) is 2. The first-order chi connectivity index (χ1) is 12.5. The largest absolute Gasteiger partial charge is 0.467 e. The van der Waals surface area contributed by atoms with Crippen molar-refractivity contribution in [3.8, 4) is 0 Å². The van der Waals surface area contributed by atoms with E-state index in [2.05, 4.69) is 20.6 Å². The Morgan fingerprint density at radius 2 is 1.96 bits per heavy atom. The molecule has 0 radical (unpaired) electrons. The van der Waals surface area contributed by atoms with Crippen LogP contribution in [0.4, 0.5) is 5.82 Å². The summed E-state index contributed by atoms with van der Waals surface area (Å²) in [7, 11) is 1.37. The first-order valence-electron chi connectivity index (χ1n) is 8.32. The van der Waals surface area contributed by atoms with Crippen molar-refractivity contribution in [2.24, 2.45) is 5.92 Å². The number of rotatable bonds is 8. The minimum atomic E-state index is -0.530. The highest BCUT2D eigenvalue weighted by molar-refractivity contribution is 7.99. The molecule has 0 spiro atoms. The zero-order valence-electron chi connectivity index (χ0n) is 15.4. The number of nitrogens with zero attached hydrogens (tertiary/aromatic N) is 2. The van der Waals surface area contributed by atoms with Crippen molar-refractivity contribution in [2.45, 2.75) is 26.4 Å².